The Morgan fingerprint density at radius 1 is 1.22 bits per heavy atom. The molecule has 0 saturated carbocycles. The lowest BCUT2D eigenvalue weighted by Crippen LogP contribution is -2.45. The summed E-state index contributed by atoms with van der Waals surface area (Å²) in [6, 6.07) is 6.65. The van der Waals surface area contributed by atoms with Crippen LogP contribution in [0.3, 0.4) is 0 Å². The number of anilines is 1. The van der Waals surface area contributed by atoms with E-state index in [4.69, 9.17) is 4.98 Å². The number of rotatable bonds is 4. The Hall–Kier alpha value is -2.27. The van der Waals surface area contributed by atoms with E-state index in [0.717, 1.165) is 37.6 Å². The van der Waals surface area contributed by atoms with Gasteiger partial charge < -0.3 is 4.90 Å². The number of piperidine rings is 1. The van der Waals surface area contributed by atoms with E-state index in [1.54, 1.807) is 0 Å². The second-order valence-electron chi connectivity index (χ2n) is 8.01. The second kappa shape index (κ2) is 7.39. The van der Waals surface area contributed by atoms with Gasteiger partial charge in [0.2, 0.25) is 5.95 Å². The van der Waals surface area contributed by atoms with Crippen molar-refractivity contribution in [1.82, 2.24) is 14.9 Å². The molecule has 2 aromatic rings. The first kappa shape index (κ1) is 18.1. The van der Waals surface area contributed by atoms with Crippen LogP contribution in [-0.4, -0.2) is 48.6 Å². The maximum absolute atomic E-state index is 13.0. The molecule has 2 heterocycles. The predicted octanol–water partition coefficient (Wildman–Crippen LogP) is 3.67. The van der Waals surface area contributed by atoms with Crippen molar-refractivity contribution in [3.63, 3.8) is 0 Å². The van der Waals surface area contributed by atoms with Crippen LogP contribution in [0.5, 0.6) is 0 Å². The van der Waals surface area contributed by atoms with Gasteiger partial charge in [0, 0.05) is 38.8 Å². The summed E-state index contributed by atoms with van der Waals surface area (Å²) in [6.45, 7) is 3.09. The summed E-state index contributed by atoms with van der Waals surface area (Å²) in [5, 5.41) is 0. The largest absolute Gasteiger partial charge is 0.347 e. The predicted molar refractivity (Wildman–Crippen MR) is 107 cm³/mol. The highest BCUT2D eigenvalue weighted by Gasteiger charge is 2.43. The molecule has 1 fully saturated rings. The third kappa shape index (κ3) is 3.74. The zero-order chi connectivity index (χ0) is 18.9. The molecule has 1 atom stereocenters. The van der Waals surface area contributed by atoms with Crippen molar-refractivity contribution in [2.75, 3.05) is 38.6 Å². The van der Waals surface area contributed by atoms with Crippen molar-refractivity contribution in [2.45, 2.75) is 31.1 Å². The molecular formula is C22H27FN4. The first-order valence-electron chi connectivity index (χ1n) is 9.74. The molecule has 1 spiro atoms. The van der Waals surface area contributed by atoms with Crippen LogP contribution < -0.4 is 4.90 Å². The van der Waals surface area contributed by atoms with Crippen molar-refractivity contribution in [3.05, 3.63) is 59.2 Å². The molecular weight excluding hydrogens is 339 g/mol. The number of likely N-dealkylation sites (tertiary alicyclic amines) is 1. The smallest absolute Gasteiger partial charge is 0.225 e. The van der Waals surface area contributed by atoms with Gasteiger partial charge in [0.25, 0.3) is 0 Å². The zero-order valence-electron chi connectivity index (χ0n) is 16.2. The Morgan fingerprint density at radius 2 is 2.04 bits per heavy atom. The minimum Gasteiger partial charge on any atom is -0.347 e. The average Bonchev–Trinajstić information content (AvgIpc) is 3.01. The number of hydrogen-bond acceptors (Lipinski definition) is 4. The zero-order valence-corrected chi connectivity index (χ0v) is 16.2. The topological polar surface area (TPSA) is 32.3 Å². The molecule has 1 aliphatic heterocycles. The van der Waals surface area contributed by atoms with Gasteiger partial charge in [-0.15, -0.1) is 0 Å². The van der Waals surface area contributed by atoms with Gasteiger partial charge in [-0.25, -0.2) is 14.4 Å². The van der Waals surface area contributed by atoms with Crippen LogP contribution in [0.15, 0.2) is 36.5 Å². The molecule has 2 aliphatic rings. The molecule has 1 unspecified atom stereocenters. The van der Waals surface area contributed by atoms with Crippen LogP contribution in [0.1, 0.15) is 36.1 Å². The molecule has 1 aromatic heterocycles. The molecule has 0 amide bonds. The molecule has 1 aromatic carbocycles. The van der Waals surface area contributed by atoms with E-state index in [-0.39, 0.29) is 11.2 Å². The maximum atomic E-state index is 13.0. The molecule has 4 rings (SSSR count). The summed E-state index contributed by atoms with van der Waals surface area (Å²) < 4.78 is 13.0. The standard InChI is InChI=1S/C22H27FN4/c1-26(2)21-24-15-18-10-12-22(20(18)25-21)11-4-14-27(16-22)13-3-5-17-6-8-19(23)9-7-17/h3,5-9,15H,4,10-14,16H2,1-2H3/b5-3+. The van der Waals surface area contributed by atoms with Crippen LogP contribution >= 0.6 is 0 Å². The summed E-state index contributed by atoms with van der Waals surface area (Å²) >= 11 is 0. The monoisotopic (exact) mass is 366 g/mol. The van der Waals surface area contributed by atoms with E-state index < -0.39 is 0 Å². The maximum Gasteiger partial charge on any atom is 0.225 e. The number of hydrogen-bond donors (Lipinski definition) is 0. The Balaban J connectivity index is 1.47. The van der Waals surface area contributed by atoms with Crippen molar-refractivity contribution in [1.29, 1.82) is 0 Å². The fourth-order valence-corrected chi connectivity index (χ4v) is 4.44. The Kier molecular flexibility index (Phi) is 4.96. The lowest BCUT2D eigenvalue weighted by molar-refractivity contribution is 0.156. The van der Waals surface area contributed by atoms with Gasteiger partial charge in [0.05, 0.1) is 5.69 Å². The van der Waals surface area contributed by atoms with Gasteiger partial charge in [-0.05, 0) is 55.5 Å². The third-order valence-corrected chi connectivity index (χ3v) is 5.83. The Labute approximate surface area is 160 Å². The number of aryl methyl sites for hydroxylation is 1. The van der Waals surface area contributed by atoms with Crippen LogP contribution in [0.4, 0.5) is 10.3 Å². The fourth-order valence-electron chi connectivity index (χ4n) is 4.44. The van der Waals surface area contributed by atoms with E-state index >= 15 is 0 Å². The molecule has 27 heavy (non-hydrogen) atoms. The molecule has 0 radical (unpaired) electrons. The van der Waals surface area contributed by atoms with Crippen molar-refractivity contribution in [2.24, 2.45) is 0 Å². The fraction of sp³-hybridized carbons (Fsp3) is 0.455. The summed E-state index contributed by atoms with van der Waals surface area (Å²) in [6.07, 6.45) is 11.0. The van der Waals surface area contributed by atoms with Crippen LogP contribution in [0, 0.1) is 5.82 Å². The number of aromatic nitrogens is 2. The number of benzene rings is 1. The van der Waals surface area contributed by atoms with E-state index in [2.05, 4.69) is 22.0 Å². The Morgan fingerprint density at radius 3 is 2.81 bits per heavy atom. The second-order valence-corrected chi connectivity index (χ2v) is 8.01. The van der Waals surface area contributed by atoms with Crippen LogP contribution in [0.25, 0.3) is 6.08 Å². The normalized spacial score (nSPS) is 22.5. The minimum atomic E-state index is -0.191. The lowest BCUT2D eigenvalue weighted by Gasteiger charge is -2.40. The number of fused-ring (bicyclic) bond motifs is 2. The van der Waals surface area contributed by atoms with Gasteiger partial charge in [0.15, 0.2) is 0 Å². The van der Waals surface area contributed by atoms with E-state index in [0.29, 0.717) is 0 Å². The van der Waals surface area contributed by atoms with Gasteiger partial charge >= 0.3 is 0 Å². The molecule has 1 aliphatic carbocycles. The van der Waals surface area contributed by atoms with Crippen molar-refractivity contribution < 1.29 is 4.39 Å². The van der Waals surface area contributed by atoms with Crippen molar-refractivity contribution >= 4 is 12.0 Å². The molecule has 5 heteroatoms. The number of halogens is 1. The van der Waals surface area contributed by atoms with Gasteiger partial charge in [-0.2, -0.15) is 0 Å². The summed E-state index contributed by atoms with van der Waals surface area (Å²) in [7, 11) is 3.99. The first-order valence-corrected chi connectivity index (χ1v) is 9.74. The highest BCUT2D eigenvalue weighted by atomic mass is 19.1. The van der Waals surface area contributed by atoms with Crippen LogP contribution in [-0.2, 0) is 11.8 Å². The van der Waals surface area contributed by atoms with E-state index in [1.165, 1.54) is 42.7 Å². The number of nitrogens with zero attached hydrogens (tertiary/aromatic N) is 4. The van der Waals surface area contributed by atoms with E-state index in [9.17, 15) is 4.39 Å². The molecule has 142 valence electrons. The van der Waals surface area contributed by atoms with Crippen LogP contribution in [0.2, 0.25) is 0 Å². The third-order valence-electron chi connectivity index (χ3n) is 5.83. The highest BCUT2D eigenvalue weighted by Crippen LogP contribution is 2.44. The van der Waals surface area contributed by atoms with Gasteiger partial charge in [-0.1, -0.05) is 24.3 Å². The molecule has 1 saturated heterocycles. The summed E-state index contributed by atoms with van der Waals surface area (Å²) in [4.78, 5) is 13.9. The molecule has 4 nitrogen and oxygen atoms in total. The van der Waals surface area contributed by atoms with E-state index in [1.807, 2.05) is 37.3 Å². The molecule has 0 N–H and O–H groups in total. The lowest BCUT2D eigenvalue weighted by atomic mass is 9.77. The Bertz CT molecular complexity index is 827. The summed E-state index contributed by atoms with van der Waals surface area (Å²) in [5.74, 6) is 0.618. The molecule has 0 bridgehead atoms. The summed E-state index contributed by atoms with van der Waals surface area (Å²) in [5.41, 5.74) is 3.81. The SMILES string of the molecule is CN(C)c1ncc2c(n1)C1(CCCN(C/C=C/c3ccc(F)cc3)C1)CC2. The first-order chi connectivity index (χ1) is 13.1. The highest BCUT2D eigenvalue weighted by molar-refractivity contribution is 5.49. The minimum absolute atomic E-state index is 0.172. The van der Waals surface area contributed by atoms with Gasteiger partial charge in [0.1, 0.15) is 5.82 Å². The van der Waals surface area contributed by atoms with Crippen molar-refractivity contribution in [3.8, 4) is 0 Å². The quantitative estimate of drug-likeness (QED) is 0.826. The average molecular weight is 366 g/mol. The van der Waals surface area contributed by atoms with Gasteiger partial charge in [-0.3, -0.25) is 4.90 Å².